The summed E-state index contributed by atoms with van der Waals surface area (Å²) < 4.78 is 0. The summed E-state index contributed by atoms with van der Waals surface area (Å²) in [4.78, 5) is 39.3. The number of rotatable bonds is 2. The van der Waals surface area contributed by atoms with Gasteiger partial charge in [-0.2, -0.15) is 0 Å². The summed E-state index contributed by atoms with van der Waals surface area (Å²) in [6.07, 6.45) is 2.99. The number of likely N-dealkylation sites (N-methyl/N-ethyl adjacent to an activating group) is 1. The molecule has 0 fully saturated rings. The van der Waals surface area contributed by atoms with Gasteiger partial charge in [-0.3, -0.25) is 14.5 Å². The van der Waals surface area contributed by atoms with Crippen LogP contribution in [0.15, 0.2) is 36.7 Å². The number of nitrogens with zero attached hydrogens (tertiary/aromatic N) is 5. The zero-order valence-electron chi connectivity index (χ0n) is 15.0. The summed E-state index contributed by atoms with van der Waals surface area (Å²) in [7, 11) is 5.42. The van der Waals surface area contributed by atoms with Crippen LogP contribution in [0.2, 0.25) is 0 Å². The molecule has 0 N–H and O–H groups in total. The predicted octanol–water partition coefficient (Wildman–Crippen LogP) is 1.94. The van der Waals surface area contributed by atoms with Crippen molar-refractivity contribution in [3.8, 4) is 0 Å². The van der Waals surface area contributed by atoms with E-state index < -0.39 is 5.54 Å². The van der Waals surface area contributed by atoms with E-state index in [0.29, 0.717) is 17.2 Å². The van der Waals surface area contributed by atoms with Crippen molar-refractivity contribution in [2.24, 2.45) is 0 Å². The minimum Gasteiger partial charge on any atom is -0.361 e. The molecule has 2 amide bonds. The first-order valence-corrected chi connectivity index (χ1v) is 7.96. The van der Waals surface area contributed by atoms with Crippen molar-refractivity contribution in [3.05, 3.63) is 42.4 Å². The van der Waals surface area contributed by atoms with Gasteiger partial charge in [-0.05, 0) is 26.0 Å². The zero-order valence-corrected chi connectivity index (χ0v) is 15.0. The normalized spacial score (nSPS) is 15.8. The summed E-state index contributed by atoms with van der Waals surface area (Å²) in [5, 5.41) is 0. The van der Waals surface area contributed by atoms with Gasteiger partial charge in [0.1, 0.15) is 17.1 Å². The van der Waals surface area contributed by atoms with Crippen LogP contribution in [0.5, 0.6) is 0 Å². The quantitative estimate of drug-likeness (QED) is 0.836. The molecule has 7 heteroatoms. The first kappa shape index (κ1) is 16.9. The maximum Gasteiger partial charge on any atom is 0.279 e. The van der Waals surface area contributed by atoms with Gasteiger partial charge in [0.15, 0.2) is 0 Å². The Morgan fingerprint density at radius 1 is 1.08 bits per heavy atom. The van der Waals surface area contributed by atoms with E-state index in [2.05, 4.69) is 9.97 Å². The summed E-state index contributed by atoms with van der Waals surface area (Å²) in [5.41, 5.74) is 0.546. The van der Waals surface area contributed by atoms with Crippen molar-refractivity contribution >= 4 is 29.0 Å². The molecule has 1 aliphatic rings. The molecule has 1 aromatic carbocycles. The van der Waals surface area contributed by atoms with Gasteiger partial charge >= 0.3 is 0 Å². The van der Waals surface area contributed by atoms with E-state index in [1.165, 1.54) is 11.1 Å². The molecule has 0 spiro atoms. The summed E-state index contributed by atoms with van der Waals surface area (Å²) in [5.74, 6) is 0.153. The van der Waals surface area contributed by atoms with E-state index in [1.54, 1.807) is 36.9 Å². The van der Waals surface area contributed by atoms with Crippen molar-refractivity contribution in [3.63, 3.8) is 0 Å². The molecular formula is C18H21N5O2. The average molecular weight is 339 g/mol. The van der Waals surface area contributed by atoms with Gasteiger partial charge in [0.05, 0.1) is 23.8 Å². The molecule has 25 heavy (non-hydrogen) atoms. The molecule has 1 aromatic heterocycles. The minimum atomic E-state index is -1.03. The lowest BCUT2D eigenvalue weighted by molar-refractivity contribution is -0.122. The zero-order chi connectivity index (χ0) is 18.4. The Kier molecular flexibility index (Phi) is 3.94. The van der Waals surface area contributed by atoms with Crippen molar-refractivity contribution in [2.75, 3.05) is 35.8 Å². The third kappa shape index (κ3) is 2.61. The Morgan fingerprint density at radius 2 is 1.72 bits per heavy atom. The topological polar surface area (TPSA) is 69.6 Å². The number of anilines is 3. The van der Waals surface area contributed by atoms with Gasteiger partial charge in [0.25, 0.3) is 11.8 Å². The number of amides is 2. The van der Waals surface area contributed by atoms with E-state index in [9.17, 15) is 9.59 Å². The SMILES string of the molecule is CN(C)c1cnc(C(=O)N2c3ccccc3N(C)C(=O)C2(C)C)cn1. The van der Waals surface area contributed by atoms with Gasteiger partial charge in [0, 0.05) is 21.1 Å². The molecule has 0 saturated heterocycles. The molecule has 0 saturated carbocycles. The molecule has 0 atom stereocenters. The lowest BCUT2D eigenvalue weighted by atomic mass is 9.94. The predicted molar refractivity (Wildman–Crippen MR) is 97.1 cm³/mol. The van der Waals surface area contributed by atoms with Gasteiger partial charge in [0.2, 0.25) is 0 Å². The van der Waals surface area contributed by atoms with E-state index in [4.69, 9.17) is 0 Å². The lowest BCUT2D eigenvalue weighted by Crippen LogP contribution is -2.61. The second-order valence-corrected chi connectivity index (χ2v) is 6.71. The van der Waals surface area contributed by atoms with Crippen LogP contribution in [0.25, 0.3) is 0 Å². The molecule has 130 valence electrons. The maximum atomic E-state index is 13.2. The fourth-order valence-corrected chi connectivity index (χ4v) is 2.99. The van der Waals surface area contributed by atoms with E-state index in [0.717, 1.165) is 0 Å². The maximum absolute atomic E-state index is 13.2. The first-order chi connectivity index (χ1) is 11.7. The molecule has 0 radical (unpaired) electrons. The average Bonchev–Trinajstić information content (AvgIpc) is 2.60. The molecule has 2 aromatic rings. The van der Waals surface area contributed by atoms with Crippen LogP contribution in [0.1, 0.15) is 24.3 Å². The minimum absolute atomic E-state index is 0.155. The number of hydrogen-bond donors (Lipinski definition) is 0. The summed E-state index contributed by atoms with van der Waals surface area (Å²) in [6.45, 7) is 3.47. The number of carbonyl (C=O) groups is 2. The lowest BCUT2D eigenvalue weighted by Gasteiger charge is -2.45. The summed E-state index contributed by atoms with van der Waals surface area (Å²) in [6, 6.07) is 7.35. The van der Waals surface area contributed by atoms with Crippen LogP contribution in [0.3, 0.4) is 0 Å². The highest BCUT2D eigenvalue weighted by Crippen LogP contribution is 2.40. The molecule has 3 rings (SSSR count). The standard InChI is InChI=1S/C18H21N5O2/c1-18(2)17(25)22(5)13-8-6-7-9-14(13)23(18)16(24)12-10-20-15(11-19-12)21(3)4/h6-11H,1-5H3. The summed E-state index contributed by atoms with van der Waals surface area (Å²) >= 11 is 0. The van der Waals surface area contributed by atoms with Crippen LogP contribution < -0.4 is 14.7 Å². The van der Waals surface area contributed by atoms with Gasteiger partial charge in [-0.1, -0.05) is 12.1 Å². The highest BCUT2D eigenvalue weighted by molar-refractivity contribution is 6.18. The first-order valence-electron chi connectivity index (χ1n) is 7.96. The monoisotopic (exact) mass is 339 g/mol. The van der Waals surface area contributed by atoms with E-state index in [-0.39, 0.29) is 17.5 Å². The number of para-hydroxylation sites is 2. The van der Waals surface area contributed by atoms with Crippen LogP contribution in [0, 0.1) is 0 Å². The van der Waals surface area contributed by atoms with Crippen molar-refractivity contribution in [1.82, 2.24) is 9.97 Å². The second-order valence-electron chi connectivity index (χ2n) is 6.71. The van der Waals surface area contributed by atoms with Crippen LogP contribution in [-0.4, -0.2) is 48.5 Å². The third-order valence-electron chi connectivity index (χ3n) is 4.39. The van der Waals surface area contributed by atoms with Gasteiger partial charge < -0.3 is 9.80 Å². The molecule has 0 unspecified atom stereocenters. The van der Waals surface area contributed by atoms with Crippen LogP contribution in [0.4, 0.5) is 17.2 Å². The van der Waals surface area contributed by atoms with Crippen molar-refractivity contribution in [1.29, 1.82) is 0 Å². The van der Waals surface area contributed by atoms with Gasteiger partial charge in [-0.25, -0.2) is 9.97 Å². The number of benzene rings is 1. The number of carbonyl (C=O) groups excluding carboxylic acids is 2. The van der Waals surface area contributed by atoms with Crippen molar-refractivity contribution < 1.29 is 9.59 Å². The molecule has 0 bridgehead atoms. The fraction of sp³-hybridized carbons (Fsp3) is 0.333. The van der Waals surface area contributed by atoms with Gasteiger partial charge in [-0.15, -0.1) is 0 Å². The number of aromatic nitrogens is 2. The Morgan fingerprint density at radius 3 is 2.28 bits per heavy atom. The molecule has 2 heterocycles. The molecular weight excluding hydrogens is 318 g/mol. The Bertz CT molecular complexity index is 830. The van der Waals surface area contributed by atoms with Crippen LogP contribution in [-0.2, 0) is 4.79 Å². The highest BCUT2D eigenvalue weighted by atomic mass is 16.2. The molecule has 7 nitrogen and oxygen atoms in total. The van der Waals surface area contributed by atoms with E-state index in [1.807, 2.05) is 38.4 Å². The molecule has 1 aliphatic heterocycles. The Hall–Kier alpha value is -2.96. The Balaban J connectivity index is 2.09. The number of hydrogen-bond acceptors (Lipinski definition) is 5. The third-order valence-corrected chi connectivity index (χ3v) is 4.39. The highest BCUT2D eigenvalue weighted by Gasteiger charge is 2.46. The van der Waals surface area contributed by atoms with Crippen LogP contribution >= 0.6 is 0 Å². The largest absolute Gasteiger partial charge is 0.361 e. The van der Waals surface area contributed by atoms with E-state index >= 15 is 0 Å². The smallest absolute Gasteiger partial charge is 0.279 e. The van der Waals surface area contributed by atoms with Crippen molar-refractivity contribution in [2.45, 2.75) is 19.4 Å². The second kappa shape index (κ2) is 5.84. The Labute approximate surface area is 146 Å². The fourth-order valence-electron chi connectivity index (χ4n) is 2.99. The molecule has 0 aliphatic carbocycles. The number of fused-ring (bicyclic) bond motifs is 1.